The summed E-state index contributed by atoms with van der Waals surface area (Å²) in [5, 5.41) is 3.72. The molecule has 0 aliphatic heterocycles. The van der Waals surface area contributed by atoms with E-state index in [1.54, 1.807) is 31.4 Å². The zero-order valence-corrected chi connectivity index (χ0v) is 16.4. The van der Waals surface area contributed by atoms with E-state index >= 15 is 0 Å². The lowest BCUT2D eigenvalue weighted by molar-refractivity contribution is 0.287. The fraction of sp³-hybridized carbons (Fsp3) is 0.263. The third-order valence-electron chi connectivity index (χ3n) is 3.96. The maximum atomic E-state index is 14.2. The Morgan fingerprint density at radius 3 is 2.74 bits per heavy atom. The minimum atomic E-state index is -0.386. The molecule has 3 aromatic rings. The Morgan fingerprint density at radius 2 is 2.00 bits per heavy atom. The minimum absolute atomic E-state index is 0.319. The molecule has 27 heavy (non-hydrogen) atoms. The van der Waals surface area contributed by atoms with Gasteiger partial charge in [0, 0.05) is 15.9 Å². The first-order chi connectivity index (χ1) is 13.1. The highest BCUT2D eigenvalue weighted by Gasteiger charge is 2.13. The van der Waals surface area contributed by atoms with Gasteiger partial charge in [0.25, 0.3) is 0 Å². The van der Waals surface area contributed by atoms with Gasteiger partial charge in [-0.15, -0.1) is 0 Å². The summed E-state index contributed by atoms with van der Waals surface area (Å²) < 4.78 is 26.1. The molecule has 8 heteroatoms. The van der Waals surface area contributed by atoms with Gasteiger partial charge >= 0.3 is 0 Å². The topological polar surface area (TPSA) is 82.3 Å². The fourth-order valence-electron chi connectivity index (χ4n) is 2.58. The molecule has 1 aromatic heterocycles. The van der Waals surface area contributed by atoms with Gasteiger partial charge in [-0.05, 0) is 43.7 Å². The number of halogens is 2. The lowest BCUT2D eigenvalue weighted by Crippen LogP contribution is -2.04. The van der Waals surface area contributed by atoms with Crippen molar-refractivity contribution in [2.24, 2.45) is 5.73 Å². The summed E-state index contributed by atoms with van der Waals surface area (Å²) >= 11 is 3.25. The second-order valence-corrected chi connectivity index (χ2v) is 6.75. The molecule has 142 valence electrons. The number of rotatable bonds is 8. The smallest absolute Gasteiger partial charge is 0.163 e. The van der Waals surface area contributed by atoms with Gasteiger partial charge in [-0.25, -0.2) is 14.4 Å². The van der Waals surface area contributed by atoms with Gasteiger partial charge in [-0.3, -0.25) is 0 Å². The Morgan fingerprint density at radius 1 is 1.15 bits per heavy atom. The number of aromatic nitrogens is 2. The number of hydrogen-bond donors (Lipinski definition) is 2. The second kappa shape index (κ2) is 8.96. The zero-order valence-electron chi connectivity index (χ0n) is 14.8. The van der Waals surface area contributed by atoms with Crippen LogP contribution in [0.4, 0.5) is 15.9 Å². The number of anilines is 2. The normalized spacial score (nSPS) is 10.8. The van der Waals surface area contributed by atoms with Crippen molar-refractivity contribution in [3.8, 4) is 11.5 Å². The highest BCUT2D eigenvalue weighted by Crippen LogP contribution is 2.35. The van der Waals surface area contributed by atoms with E-state index in [0.29, 0.717) is 51.5 Å². The number of benzene rings is 2. The van der Waals surface area contributed by atoms with Crippen molar-refractivity contribution in [3.05, 3.63) is 46.9 Å². The van der Waals surface area contributed by atoms with Gasteiger partial charge in [0.2, 0.25) is 0 Å². The highest BCUT2D eigenvalue weighted by molar-refractivity contribution is 9.10. The summed E-state index contributed by atoms with van der Waals surface area (Å²) in [5.41, 5.74) is 6.49. The molecule has 2 aromatic carbocycles. The number of fused-ring (bicyclic) bond motifs is 1. The van der Waals surface area contributed by atoms with E-state index in [2.05, 4.69) is 31.2 Å². The molecular formula is C19H20BrFN4O2. The summed E-state index contributed by atoms with van der Waals surface area (Å²) in [6.45, 7) is 1.17. The number of nitrogens with one attached hydrogen (secondary N) is 1. The van der Waals surface area contributed by atoms with E-state index in [4.69, 9.17) is 15.2 Å². The molecule has 0 saturated heterocycles. The van der Waals surface area contributed by atoms with Crippen LogP contribution in [-0.4, -0.2) is 30.2 Å². The molecule has 0 aliphatic rings. The summed E-state index contributed by atoms with van der Waals surface area (Å²) in [7, 11) is 1.57. The number of unbranched alkanes of at least 4 members (excludes halogenated alkanes) is 1. The van der Waals surface area contributed by atoms with Crippen LogP contribution in [0.5, 0.6) is 11.5 Å². The summed E-state index contributed by atoms with van der Waals surface area (Å²) in [6.07, 6.45) is 3.17. The lowest BCUT2D eigenvalue weighted by Gasteiger charge is -2.14. The molecule has 0 atom stereocenters. The summed E-state index contributed by atoms with van der Waals surface area (Å²) in [6, 6.07) is 8.36. The van der Waals surface area contributed by atoms with E-state index in [1.165, 1.54) is 12.4 Å². The van der Waals surface area contributed by atoms with Gasteiger partial charge < -0.3 is 20.5 Å². The summed E-state index contributed by atoms with van der Waals surface area (Å²) in [4.78, 5) is 8.54. The average molecular weight is 435 g/mol. The van der Waals surface area contributed by atoms with Crippen LogP contribution in [0.25, 0.3) is 10.9 Å². The SMILES string of the molecule is COc1cc2c(Nc3ccc(Br)cc3F)ncnc2cc1OCCCCN. The molecule has 0 amide bonds. The molecule has 0 aliphatic carbocycles. The number of hydrogen-bond acceptors (Lipinski definition) is 6. The third-order valence-corrected chi connectivity index (χ3v) is 4.45. The summed E-state index contributed by atoms with van der Waals surface area (Å²) in [5.74, 6) is 1.25. The number of nitrogens with zero attached hydrogens (tertiary/aromatic N) is 2. The van der Waals surface area contributed by atoms with Gasteiger partial charge in [0.05, 0.1) is 24.9 Å². The molecule has 1 heterocycles. The first-order valence-corrected chi connectivity index (χ1v) is 9.29. The molecule has 0 saturated carbocycles. The number of nitrogens with two attached hydrogens (primary N) is 1. The van der Waals surface area contributed by atoms with E-state index in [1.807, 2.05) is 0 Å². The molecule has 0 bridgehead atoms. The van der Waals surface area contributed by atoms with Crippen molar-refractivity contribution in [1.29, 1.82) is 0 Å². The Labute approximate surface area is 165 Å². The first kappa shape index (κ1) is 19.3. The molecule has 6 nitrogen and oxygen atoms in total. The Bertz CT molecular complexity index is 939. The van der Waals surface area contributed by atoms with Crippen LogP contribution >= 0.6 is 15.9 Å². The molecule has 0 fully saturated rings. The van der Waals surface area contributed by atoms with Gasteiger partial charge in [-0.1, -0.05) is 15.9 Å². The standard InChI is InChI=1S/C19H20BrFN4O2/c1-26-17-9-13-16(10-18(17)27-7-3-2-6-22)23-11-24-19(13)25-15-5-4-12(20)8-14(15)21/h4-5,8-11H,2-3,6-7,22H2,1H3,(H,23,24,25). The van der Waals surface area contributed by atoms with E-state index in [0.717, 1.165) is 12.8 Å². The molecule has 0 unspecified atom stereocenters. The average Bonchev–Trinajstić information content (AvgIpc) is 2.67. The fourth-order valence-corrected chi connectivity index (χ4v) is 2.92. The molecular weight excluding hydrogens is 415 g/mol. The third kappa shape index (κ3) is 4.64. The van der Waals surface area contributed by atoms with Gasteiger partial charge in [0.15, 0.2) is 11.5 Å². The van der Waals surface area contributed by atoms with Crippen LogP contribution in [0.2, 0.25) is 0 Å². The van der Waals surface area contributed by atoms with Crippen molar-refractivity contribution in [2.45, 2.75) is 12.8 Å². The maximum absolute atomic E-state index is 14.2. The molecule has 0 radical (unpaired) electrons. The van der Waals surface area contributed by atoms with E-state index < -0.39 is 0 Å². The quantitative estimate of drug-likeness (QED) is 0.511. The molecule has 3 N–H and O–H groups in total. The van der Waals surface area contributed by atoms with Crippen molar-refractivity contribution in [1.82, 2.24) is 9.97 Å². The first-order valence-electron chi connectivity index (χ1n) is 8.50. The lowest BCUT2D eigenvalue weighted by atomic mass is 10.2. The number of methoxy groups -OCH3 is 1. The molecule has 3 rings (SSSR count). The van der Waals surface area contributed by atoms with Gasteiger partial charge in [-0.2, -0.15) is 0 Å². The monoisotopic (exact) mass is 434 g/mol. The zero-order chi connectivity index (χ0) is 19.2. The van der Waals surface area contributed by atoms with Crippen molar-refractivity contribution in [3.63, 3.8) is 0 Å². The predicted octanol–water partition coefficient (Wildman–Crippen LogP) is 4.40. The Kier molecular flexibility index (Phi) is 6.41. The predicted molar refractivity (Wildman–Crippen MR) is 107 cm³/mol. The van der Waals surface area contributed by atoms with Crippen LogP contribution in [0.3, 0.4) is 0 Å². The van der Waals surface area contributed by atoms with E-state index in [9.17, 15) is 4.39 Å². The Balaban J connectivity index is 1.93. The van der Waals surface area contributed by atoms with Crippen molar-refractivity contribution >= 4 is 38.3 Å². The van der Waals surface area contributed by atoms with Crippen LogP contribution in [0.1, 0.15) is 12.8 Å². The molecule has 0 spiro atoms. The largest absolute Gasteiger partial charge is 0.493 e. The van der Waals surface area contributed by atoms with Crippen LogP contribution in [0, 0.1) is 5.82 Å². The van der Waals surface area contributed by atoms with Crippen molar-refractivity contribution in [2.75, 3.05) is 25.6 Å². The van der Waals surface area contributed by atoms with Crippen LogP contribution in [-0.2, 0) is 0 Å². The second-order valence-electron chi connectivity index (χ2n) is 5.84. The minimum Gasteiger partial charge on any atom is -0.493 e. The van der Waals surface area contributed by atoms with Crippen molar-refractivity contribution < 1.29 is 13.9 Å². The number of ether oxygens (including phenoxy) is 2. The van der Waals surface area contributed by atoms with Gasteiger partial charge in [0.1, 0.15) is 18.0 Å². The van der Waals surface area contributed by atoms with Crippen LogP contribution in [0.15, 0.2) is 41.1 Å². The van der Waals surface area contributed by atoms with E-state index in [-0.39, 0.29) is 5.82 Å². The maximum Gasteiger partial charge on any atom is 0.163 e. The van der Waals surface area contributed by atoms with Crippen LogP contribution < -0.4 is 20.5 Å². The highest BCUT2D eigenvalue weighted by atomic mass is 79.9. The Hall–Kier alpha value is -2.45.